The van der Waals surface area contributed by atoms with Gasteiger partial charge < -0.3 is 15.4 Å². The van der Waals surface area contributed by atoms with Crippen molar-refractivity contribution >= 4 is 34.5 Å². The number of benzene rings is 1. The van der Waals surface area contributed by atoms with Gasteiger partial charge in [0.15, 0.2) is 0 Å². The summed E-state index contributed by atoms with van der Waals surface area (Å²) in [5.74, 6) is 0. The molecule has 0 saturated carbocycles. The van der Waals surface area contributed by atoms with E-state index in [1.54, 1.807) is 0 Å². The molecule has 2 rings (SSSR count). The molecule has 1 atom stereocenters. The molecule has 104 valence electrons. The first-order chi connectivity index (χ1) is 9.11. The molecule has 2 N–H and O–H groups in total. The maximum Gasteiger partial charge on any atom is 0.105 e. The van der Waals surface area contributed by atoms with E-state index in [2.05, 4.69) is 11.8 Å². The number of hydrogen-bond donors (Lipinski definition) is 1. The number of ether oxygens (including phenoxy) is 1. The Bertz CT molecular complexity index is 461. The van der Waals surface area contributed by atoms with Crippen molar-refractivity contribution in [2.24, 2.45) is 5.73 Å². The van der Waals surface area contributed by atoms with E-state index in [0.29, 0.717) is 16.1 Å². The molecule has 1 aliphatic rings. The number of anilines is 1. The molecular weight excluding hydrogens is 280 g/mol. The van der Waals surface area contributed by atoms with Gasteiger partial charge in [-0.2, -0.15) is 0 Å². The molecule has 0 aromatic heterocycles. The minimum Gasteiger partial charge on any atom is -0.389 e. The third-order valence-corrected chi connectivity index (χ3v) is 3.95. The summed E-state index contributed by atoms with van der Waals surface area (Å²) < 4.78 is 5.68. The zero-order valence-electron chi connectivity index (χ0n) is 11.1. The molecule has 0 amide bonds. The van der Waals surface area contributed by atoms with Crippen molar-refractivity contribution in [2.75, 3.05) is 24.6 Å². The molecule has 1 aromatic rings. The SMILES string of the molecule is CCN(CC1CCCO1)c1ccc(C(N)=S)c(Cl)c1. The predicted molar refractivity (Wildman–Crippen MR) is 84.2 cm³/mol. The smallest absolute Gasteiger partial charge is 0.105 e. The zero-order chi connectivity index (χ0) is 13.8. The summed E-state index contributed by atoms with van der Waals surface area (Å²) in [6.45, 7) is 4.83. The van der Waals surface area contributed by atoms with Gasteiger partial charge in [0.05, 0.1) is 11.1 Å². The number of nitrogens with zero attached hydrogens (tertiary/aromatic N) is 1. The number of halogens is 1. The number of hydrogen-bond acceptors (Lipinski definition) is 3. The van der Waals surface area contributed by atoms with Crippen LogP contribution in [0.2, 0.25) is 5.02 Å². The molecule has 3 nitrogen and oxygen atoms in total. The van der Waals surface area contributed by atoms with Gasteiger partial charge in [0.1, 0.15) is 4.99 Å². The lowest BCUT2D eigenvalue weighted by molar-refractivity contribution is 0.115. The lowest BCUT2D eigenvalue weighted by Gasteiger charge is -2.26. The third kappa shape index (κ3) is 3.59. The Morgan fingerprint density at radius 1 is 1.58 bits per heavy atom. The quantitative estimate of drug-likeness (QED) is 0.848. The molecule has 1 aliphatic heterocycles. The second-order valence-corrected chi connectivity index (χ2v) is 5.55. The summed E-state index contributed by atoms with van der Waals surface area (Å²) in [4.78, 5) is 2.60. The van der Waals surface area contributed by atoms with Crippen LogP contribution in [0, 0.1) is 0 Å². The van der Waals surface area contributed by atoms with E-state index in [0.717, 1.165) is 43.8 Å². The standard InChI is InChI=1S/C14H19ClN2OS/c1-2-17(9-11-4-3-7-18-11)10-5-6-12(14(16)19)13(15)8-10/h5-6,8,11H,2-4,7,9H2,1H3,(H2,16,19). The highest BCUT2D eigenvalue weighted by Crippen LogP contribution is 2.25. The Kier molecular flexibility index (Phi) is 5.02. The number of thiocarbonyl (C=S) groups is 1. The Morgan fingerprint density at radius 3 is 2.89 bits per heavy atom. The molecule has 0 aliphatic carbocycles. The van der Waals surface area contributed by atoms with Gasteiger partial charge in [-0.25, -0.2) is 0 Å². The Balaban J connectivity index is 2.13. The van der Waals surface area contributed by atoms with E-state index in [9.17, 15) is 0 Å². The maximum absolute atomic E-state index is 6.22. The van der Waals surface area contributed by atoms with Crippen LogP contribution in [-0.2, 0) is 4.74 Å². The van der Waals surface area contributed by atoms with Gasteiger partial charge in [-0.15, -0.1) is 0 Å². The number of rotatable bonds is 5. The maximum atomic E-state index is 6.22. The molecule has 0 spiro atoms. The van der Waals surface area contributed by atoms with Crippen LogP contribution < -0.4 is 10.6 Å². The van der Waals surface area contributed by atoms with Gasteiger partial charge in [0, 0.05) is 30.9 Å². The Hall–Kier alpha value is -0.840. The van der Waals surface area contributed by atoms with E-state index in [-0.39, 0.29) is 0 Å². The highest BCUT2D eigenvalue weighted by molar-refractivity contribution is 7.80. The van der Waals surface area contributed by atoms with E-state index >= 15 is 0 Å². The molecule has 1 aromatic carbocycles. The minimum absolute atomic E-state index is 0.328. The fourth-order valence-corrected chi connectivity index (χ4v) is 2.86. The van der Waals surface area contributed by atoms with Crippen LogP contribution in [0.3, 0.4) is 0 Å². The monoisotopic (exact) mass is 298 g/mol. The van der Waals surface area contributed by atoms with Gasteiger partial charge >= 0.3 is 0 Å². The predicted octanol–water partition coefficient (Wildman–Crippen LogP) is 2.98. The van der Waals surface area contributed by atoms with Crippen molar-refractivity contribution in [1.29, 1.82) is 0 Å². The first-order valence-electron chi connectivity index (χ1n) is 6.57. The zero-order valence-corrected chi connectivity index (χ0v) is 12.6. The van der Waals surface area contributed by atoms with Crippen LogP contribution >= 0.6 is 23.8 Å². The van der Waals surface area contributed by atoms with Gasteiger partial charge in [-0.05, 0) is 38.0 Å². The van der Waals surface area contributed by atoms with Crippen molar-refractivity contribution in [3.8, 4) is 0 Å². The summed E-state index contributed by atoms with van der Waals surface area (Å²) in [6.07, 6.45) is 2.62. The van der Waals surface area contributed by atoms with Gasteiger partial charge in [0.25, 0.3) is 0 Å². The second-order valence-electron chi connectivity index (χ2n) is 4.70. The van der Waals surface area contributed by atoms with E-state index < -0.39 is 0 Å². The summed E-state index contributed by atoms with van der Waals surface area (Å²) in [5, 5.41) is 0.607. The van der Waals surface area contributed by atoms with Gasteiger partial charge in [-0.1, -0.05) is 23.8 Å². The molecule has 5 heteroatoms. The van der Waals surface area contributed by atoms with Crippen LogP contribution in [-0.4, -0.2) is 30.8 Å². The summed E-state index contributed by atoms with van der Waals surface area (Å²) >= 11 is 11.2. The fourth-order valence-electron chi connectivity index (χ4n) is 2.35. The lowest BCUT2D eigenvalue weighted by Crippen LogP contribution is -2.32. The van der Waals surface area contributed by atoms with Crippen LogP contribution in [0.1, 0.15) is 25.3 Å². The van der Waals surface area contributed by atoms with Gasteiger partial charge in [-0.3, -0.25) is 0 Å². The summed E-state index contributed by atoms with van der Waals surface area (Å²) in [5.41, 5.74) is 7.43. The Labute approximate surface area is 124 Å². The van der Waals surface area contributed by atoms with Crippen LogP contribution in [0.25, 0.3) is 0 Å². The average molecular weight is 299 g/mol. The van der Waals surface area contributed by atoms with Crippen LogP contribution in [0.4, 0.5) is 5.69 Å². The van der Waals surface area contributed by atoms with Crippen molar-refractivity contribution in [2.45, 2.75) is 25.9 Å². The molecule has 0 radical (unpaired) electrons. The lowest BCUT2D eigenvalue weighted by atomic mass is 10.1. The number of likely N-dealkylation sites (N-methyl/N-ethyl adjacent to an activating group) is 1. The Morgan fingerprint density at radius 2 is 2.37 bits per heavy atom. The van der Waals surface area contributed by atoms with E-state index in [4.69, 9.17) is 34.3 Å². The van der Waals surface area contributed by atoms with E-state index in [1.165, 1.54) is 0 Å². The fraction of sp³-hybridized carbons (Fsp3) is 0.500. The molecule has 1 saturated heterocycles. The highest BCUT2D eigenvalue weighted by Gasteiger charge is 2.19. The number of nitrogens with two attached hydrogens (primary N) is 1. The normalized spacial score (nSPS) is 18.5. The molecule has 1 fully saturated rings. The largest absolute Gasteiger partial charge is 0.389 e. The van der Waals surface area contributed by atoms with Crippen molar-refractivity contribution < 1.29 is 4.74 Å². The molecule has 1 unspecified atom stereocenters. The molecular formula is C14H19ClN2OS. The van der Waals surface area contributed by atoms with Crippen molar-refractivity contribution in [3.05, 3.63) is 28.8 Å². The third-order valence-electron chi connectivity index (χ3n) is 3.41. The second kappa shape index (κ2) is 6.55. The molecule has 19 heavy (non-hydrogen) atoms. The first-order valence-corrected chi connectivity index (χ1v) is 7.36. The van der Waals surface area contributed by atoms with Crippen molar-refractivity contribution in [1.82, 2.24) is 0 Å². The summed E-state index contributed by atoms with van der Waals surface area (Å²) in [7, 11) is 0. The van der Waals surface area contributed by atoms with Crippen LogP contribution in [0.5, 0.6) is 0 Å². The summed E-state index contributed by atoms with van der Waals surface area (Å²) in [6, 6.07) is 5.82. The topological polar surface area (TPSA) is 38.5 Å². The van der Waals surface area contributed by atoms with E-state index in [1.807, 2.05) is 18.2 Å². The molecule has 1 heterocycles. The van der Waals surface area contributed by atoms with Gasteiger partial charge in [0.2, 0.25) is 0 Å². The first kappa shape index (κ1) is 14.6. The van der Waals surface area contributed by atoms with Crippen molar-refractivity contribution in [3.63, 3.8) is 0 Å². The highest BCUT2D eigenvalue weighted by atomic mass is 35.5. The minimum atomic E-state index is 0.328. The van der Waals surface area contributed by atoms with Crippen LogP contribution in [0.15, 0.2) is 18.2 Å². The molecule has 0 bridgehead atoms. The average Bonchev–Trinajstić information content (AvgIpc) is 2.88.